The predicted octanol–water partition coefficient (Wildman–Crippen LogP) is 4.51. The SMILES string of the molecule is C[C@@H](NC(=O)c1cc(NCCO)cc(C(=O)NCCCNCc2cccc(C(F)(F)F)c2)c1)c1ccccc1. The fourth-order valence-corrected chi connectivity index (χ4v) is 3.90. The number of anilines is 1. The molecule has 39 heavy (non-hydrogen) atoms. The quantitative estimate of drug-likeness (QED) is 0.205. The molecule has 0 saturated carbocycles. The second-order valence-corrected chi connectivity index (χ2v) is 9.04. The van der Waals surface area contributed by atoms with Crippen LogP contribution in [0.2, 0.25) is 0 Å². The van der Waals surface area contributed by atoms with Gasteiger partial charge in [-0.1, -0.05) is 48.5 Å². The molecule has 3 rings (SSSR count). The van der Waals surface area contributed by atoms with E-state index in [1.165, 1.54) is 12.1 Å². The average Bonchev–Trinajstić information content (AvgIpc) is 2.93. The Kier molecular flexibility index (Phi) is 10.9. The van der Waals surface area contributed by atoms with Gasteiger partial charge in [0.05, 0.1) is 18.2 Å². The first kappa shape index (κ1) is 29.7. The number of rotatable bonds is 13. The van der Waals surface area contributed by atoms with Crippen LogP contribution in [0.1, 0.15) is 56.8 Å². The van der Waals surface area contributed by atoms with E-state index in [0.717, 1.165) is 17.7 Å². The summed E-state index contributed by atoms with van der Waals surface area (Å²) in [5.74, 6) is -0.711. The van der Waals surface area contributed by atoms with Crippen molar-refractivity contribution >= 4 is 17.5 Å². The lowest BCUT2D eigenvalue weighted by molar-refractivity contribution is -0.137. The Morgan fingerprint density at radius 2 is 1.59 bits per heavy atom. The molecule has 2 amide bonds. The van der Waals surface area contributed by atoms with Crippen molar-refractivity contribution in [2.75, 3.05) is 31.6 Å². The number of nitrogens with one attached hydrogen (secondary N) is 4. The lowest BCUT2D eigenvalue weighted by Gasteiger charge is -2.16. The second-order valence-electron chi connectivity index (χ2n) is 9.04. The molecule has 0 unspecified atom stereocenters. The molecule has 0 aromatic heterocycles. The smallest absolute Gasteiger partial charge is 0.395 e. The van der Waals surface area contributed by atoms with Gasteiger partial charge in [-0.15, -0.1) is 0 Å². The molecule has 0 spiro atoms. The van der Waals surface area contributed by atoms with Crippen molar-refractivity contribution in [3.05, 3.63) is 101 Å². The van der Waals surface area contributed by atoms with Crippen molar-refractivity contribution < 1.29 is 27.9 Å². The Hall–Kier alpha value is -3.89. The van der Waals surface area contributed by atoms with Gasteiger partial charge >= 0.3 is 6.18 Å². The number of halogens is 3. The molecule has 0 heterocycles. The van der Waals surface area contributed by atoms with E-state index in [9.17, 15) is 22.8 Å². The summed E-state index contributed by atoms with van der Waals surface area (Å²) in [6, 6.07) is 19.1. The number of aliphatic hydroxyl groups excluding tert-OH is 1. The lowest BCUT2D eigenvalue weighted by Crippen LogP contribution is -2.29. The van der Waals surface area contributed by atoms with Gasteiger partial charge in [0, 0.05) is 36.4 Å². The molecule has 7 nitrogen and oxygen atoms in total. The molecule has 0 aliphatic heterocycles. The van der Waals surface area contributed by atoms with E-state index in [4.69, 9.17) is 5.11 Å². The van der Waals surface area contributed by atoms with Crippen LogP contribution in [0.5, 0.6) is 0 Å². The number of carbonyl (C=O) groups excluding carboxylic acids is 2. The molecule has 1 atom stereocenters. The number of alkyl halides is 3. The minimum Gasteiger partial charge on any atom is -0.395 e. The number of hydrogen-bond acceptors (Lipinski definition) is 5. The van der Waals surface area contributed by atoms with Crippen LogP contribution in [0, 0.1) is 0 Å². The van der Waals surface area contributed by atoms with Crippen LogP contribution in [-0.2, 0) is 12.7 Å². The van der Waals surface area contributed by atoms with Crippen molar-refractivity contribution in [2.45, 2.75) is 32.1 Å². The first-order valence-corrected chi connectivity index (χ1v) is 12.7. The summed E-state index contributed by atoms with van der Waals surface area (Å²) in [6.07, 6.45) is -3.83. The number of aliphatic hydroxyl groups is 1. The molecular weight excluding hydrogens is 509 g/mol. The summed E-state index contributed by atoms with van der Waals surface area (Å²) in [7, 11) is 0. The standard InChI is InChI=1S/C29H33F3N4O3/c1-20(22-8-3-2-4-9-22)36-28(39)24-16-23(17-26(18-24)34-13-14-37)27(38)35-12-6-11-33-19-21-7-5-10-25(15-21)29(30,31)32/h2-5,7-10,15-18,20,33-34,37H,6,11-14,19H2,1H3,(H,35,38)(H,36,39)/t20-/m1/s1. The van der Waals surface area contributed by atoms with Gasteiger partial charge in [0.25, 0.3) is 11.8 Å². The molecule has 0 fully saturated rings. The number of carbonyl (C=O) groups is 2. The van der Waals surface area contributed by atoms with Crippen molar-refractivity contribution in [3.63, 3.8) is 0 Å². The van der Waals surface area contributed by atoms with Crippen LogP contribution < -0.4 is 21.3 Å². The molecular formula is C29H33F3N4O3. The third-order valence-corrected chi connectivity index (χ3v) is 5.94. The molecule has 0 bridgehead atoms. The Labute approximate surface area is 225 Å². The Morgan fingerprint density at radius 1 is 0.872 bits per heavy atom. The molecule has 0 aliphatic rings. The van der Waals surface area contributed by atoms with E-state index < -0.39 is 11.7 Å². The van der Waals surface area contributed by atoms with Crippen LogP contribution in [0.25, 0.3) is 0 Å². The van der Waals surface area contributed by atoms with Crippen molar-refractivity contribution in [3.8, 4) is 0 Å². The maximum atomic E-state index is 13.0. The Bertz CT molecular complexity index is 1240. The highest BCUT2D eigenvalue weighted by molar-refractivity contribution is 6.01. The van der Waals surface area contributed by atoms with Crippen molar-refractivity contribution in [1.82, 2.24) is 16.0 Å². The third-order valence-electron chi connectivity index (χ3n) is 5.94. The average molecular weight is 543 g/mol. The van der Waals surface area contributed by atoms with Gasteiger partial charge in [-0.3, -0.25) is 9.59 Å². The molecule has 208 valence electrons. The second kappa shape index (κ2) is 14.3. The third kappa shape index (κ3) is 9.42. The van der Waals surface area contributed by atoms with Gasteiger partial charge in [-0.25, -0.2) is 0 Å². The van der Waals surface area contributed by atoms with E-state index in [0.29, 0.717) is 36.3 Å². The maximum absolute atomic E-state index is 13.0. The topological polar surface area (TPSA) is 102 Å². The monoisotopic (exact) mass is 542 g/mol. The van der Waals surface area contributed by atoms with Crippen LogP contribution in [0.15, 0.2) is 72.8 Å². The molecule has 10 heteroatoms. The van der Waals surface area contributed by atoms with Gasteiger partial charge in [0.2, 0.25) is 0 Å². The molecule has 5 N–H and O–H groups in total. The summed E-state index contributed by atoms with van der Waals surface area (Å²) >= 11 is 0. The normalized spacial score (nSPS) is 12.0. The Balaban J connectivity index is 1.54. The van der Waals surface area contributed by atoms with Gasteiger partial charge in [0.15, 0.2) is 0 Å². The maximum Gasteiger partial charge on any atom is 0.416 e. The van der Waals surface area contributed by atoms with Gasteiger partial charge < -0.3 is 26.4 Å². The summed E-state index contributed by atoms with van der Waals surface area (Å²) in [6.45, 7) is 3.10. The van der Waals surface area contributed by atoms with Gasteiger partial charge in [-0.2, -0.15) is 13.2 Å². The molecule has 0 radical (unpaired) electrons. The van der Waals surface area contributed by atoms with Crippen molar-refractivity contribution in [1.29, 1.82) is 0 Å². The van der Waals surface area contributed by atoms with E-state index in [1.54, 1.807) is 18.2 Å². The van der Waals surface area contributed by atoms with Crippen LogP contribution in [0.3, 0.4) is 0 Å². The van der Waals surface area contributed by atoms with Gasteiger partial charge in [-0.05, 0) is 55.3 Å². The zero-order valence-corrected chi connectivity index (χ0v) is 21.6. The largest absolute Gasteiger partial charge is 0.416 e. The van der Waals surface area contributed by atoms with E-state index in [1.807, 2.05) is 37.3 Å². The zero-order chi connectivity index (χ0) is 28.3. The number of hydrogen-bond donors (Lipinski definition) is 5. The fourth-order valence-electron chi connectivity index (χ4n) is 3.90. The van der Waals surface area contributed by atoms with Crippen LogP contribution in [-0.4, -0.2) is 43.2 Å². The summed E-state index contributed by atoms with van der Waals surface area (Å²) in [5, 5.41) is 21.0. The summed E-state index contributed by atoms with van der Waals surface area (Å²) in [5.41, 5.74) is 1.89. The minimum absolute atomic E-state index is 0.115. The molecule has 3 aromatic rings. The first-order valence-electron chi connectivity index (χ1n) is 12.7. The summed E-state index contributed by atoms with van der Waals surface area (Å²) < 4.78 is 38.6. The first-order chi connectivity index (χ1) is 18.7. The van der Waals surface area contributed by atoms with E-state index in [-0.39, 0.29) is 43.1 Å². The Morgan fingerprint density at radius 3 is 2.28 bits per heavy atom. The van der Waals surface area contributed by atoms with Crippen LogP contribution in [0.4, 0.5) is 18.9 Å². The highest BCUT2D eigenvalue weighted by atomic mass is 19.4. The highest BCUT2D eigenvalue weighted by Crippen LogP contribution is 2.29. The predicted molar refractivity (Wildman–Crippen MR) is 144 cm³/mol. The van der Waals surface area contributed by atoms with Crippen LogP contribution >= 0.6 is 0 Å². The number of amides is 2. The number of benzene rings is 3. The summed E-state index contributed by atoms with van der Waals surface area (Å²) in [4.78, 5) is 25.8. The molecule has 3 aromatic carbocycles. The lowest BCUT2D eigenvalue weighted by atomic mass is 10.1. The minimum atomic E-state index is -4.38. The van der Waals surface area contributed by atoms with Gasteiger partial charge in [0.1, 0.15) is 0 Å². The molecule has 0 aliphatic carbocycles. The zero-order valence-electron chi connectivity index (χ0n) is 21.6. The van der Waals surface area contributed by atoms with E-state index in [2.05, 4.69) is 21.3 Å². The molecule has 0 saturated heterocycles. The highest BCUT2D eigenvalue weighted by Gasteiger charge is 2.30. The fraction of sp³-hybridized carbons (Fsp3) is 0.310. The van der Waals surface area contributed by atoms with Crippen molar-refractivity contribution in [2.24, 2.45) is 0 Å². The van der Waals surface area contributed by atoms with E-state index >= 15 is 0 Å².